The molecule has 2 heterocycles. The molecule has 0 radical (unpaired) electrons. The quantitative estimate of drug-likeness (QED) is 0.364. The lowest BCUT2D eigenvalue weighted by atomic mass is 9.93. The van der Waals surface area contributed by atoms with Crippen LogP contribution in [-0.4, -0.2) is 35.8 Å². The van der Waals surface area contributed by atoms with Crippen molar-refractivity contribution in [1.82, 2.24) is 4.90 Å². The van der Waals surface area contributed by atoms with Crippen molar-refractivity contribution in [3.63, 3.8) is 0 Å². The number of aryl methyl sites for hydroxylation is 2. The number of ketones is 1. The lowest BCUT2D eigenvalue weighted by molar-refractivity contribution is -0.140. The standard InChI is InChI=1S/C26H26N2O4/c1-16-7-8-17(2)21(14-16)24(29)22-23(18-9-11-19(12-10-18)27(3)4)28(26(31)25(22)30)15-20-6-5-13-32-20/h5-14,23,29H,15H2,1-4H3. The Morgan fingerprint density at radius 2 is 1.78 bits per heavy atom. The number of anilines is 1. The molecule has 1 saturated heterocycles. The summed E-state index contributed by atoms with van der Waals surface area (Å²) < 4.78 is 5.44. The molecule has 0 spiro atoms. The third kappa shape index (κ3) is 3.80. The van der Waals surface area contributed by atoms with Crippen molar-refractivity contribution in [2.75, 3.05) is 19.0 Å². The Balaban J connectivity index is 1.89. The maximum absolute atomic E-state index is 13.2. The van der Waals surface area contributed by atoms with Gasteiger partial charge < -0.3 is 19.3 Å². The first kappa shape index (κ1) is 21.4. The van der Waals surface area contributed by atoms with E-state index in [4.69, 9.17) is 4.42 Å². The zero-order valence-electron chi connectivity index (χ0n) is 18.6. The summed E-state index contributed by atoms with van der Waals surface area (Å²) in [5, 5.41) is 11.3. The maximum Gasteiger partial charge on any atom is 0.296 e. The van der Waals surface area contributed by atoms with Crippen molar-refractivity contribution in [2.45, 2.75) is 26.4 Å². The van der Waals surface area contributed by atoms with Crippen molar-refractivity contribution in [1.29, 1.82) is 0 Å². The first-order valence-electron chi connectivity index (χ1n) is 10.4. The van der Waals surface area contributed by atoms with E-state index in [0.29, 0.717) is 11.3 Å². The van der Waals surface area contributed by atoms with Crippen LogP contribution in [-0.2, 0) is 16.1 Å². The molecule has 164 valence electrons. The zero-order chi connectivity index (χ0) is 23.0. The fourth-order valence-electron chi connectivity index (χ4n) is 4.05. The second-order valence-corrected chi connectivity index (χ2v) is 8.31. The van der Waals surface area contributed by atoms with Crippen molar-refractivity contribution >= 4 is 23.1 Å². The normalized spacial score (nSPS) is 17.8. The summed E-state index contributed by atoms with van der Waals surface area (Å²) in [6.45, 7) is 3.92. The van der Waals surface area contributed by atoms with Crippen LogP contribution in [0.3, 0.4) is 0 Å². The van der Waals surface area contributed by atoms with Crippen molar-refractivity contribution in [3.8, 4) is 0 Å². The van der Waals surface area contributed by atoms with Crippen molar-refractivity contribution in [3.05, 3.63) is 94.4 Å². The van der Waals surface area contributed by atoms with Gasteiger partial charge in [-0.2, -0.15) is 0 Å². The Morgan fingerprint density at radius 1 is 1.06 bits per heavy atom. The second-order valence-electron chi connectivity index (χ2n) is 8.31. The summed E-state index contributed by atoms with van der Waals surface area (Å²) in [4.78, 5) is 29.7. The Bertz CT molecular complexity index is 1190. The Morgan fingerprint density at radius 3 is 2.41 bits per heavy atom. The molecule has 0 bridgehead atoms. The molecule has 6 heteroatoms. The fraction of sp³-hybridized carbons (Fsp3) is 0.231. The average molecular weight is 431 g/mol. The first-order chi connectivity index (χ1) is 15.3. The van der Waals surface area contributed by atoms with Crippen LogP contribution in [0.25, 0.3) is 5.76 Å². The number of hydrogen-bond acceptors (Lipinski definition) is 5. The molecule has 6 nitrogen and oxygen atoms in total. The molecule has 1 N–H and O–H groups in total. The average Bonchev–Trinajstić information content (AvgIpc) is 3.37. The molecule has 2 aromatic carbocycles. The Labute approximate surface area is 187 Å². The molecule has 1 unspecified atom stereocenters. The lowest BCUT2D eigenvalue weighted by Crippen LogP contribution is -2.29. The van der Waals surface area contributed by atoms with E-state index >= 15 is 0 Å². The van der Waals surface area contributed by atoms with Crippen LogP contribution in [0, 0.1) is 13.8 Å². The predicted octanol–water partition coefficient (Wildman–Crippen LogP) is 4.58. The van der Waals surface area contributed by atoms with E-state index in [-0.39, 0.29) is 17.9 Å². The van der Waals surface area contributed by atoms with Gasteiger partial charge in [-0.15, -0.1) is 0 Å². The van der Waals surface area contributed by atoms with Crippen LogP contribution in [0.4, 0.5) is 5.69 Å². The van der Waals surface area contributed by atoms with Crippen LogP contribution < -0.4 is 4.90 Å². The molecule has 1 atom stereocenters. The largest absolute Gasteiger partial charge is 0.507 e. The van der Waals surface area contributed by atoms with E-state index in [1.165, 1.54) is 11.2 Å². The number of Topliss-reactive ketones (excluding diaryl/α,β-unsaturated/α-hetero) is 1. The number of carbonyl (C=O) groups excluding carboxylic acids is 2. The lowest BCUT2D eigenvalue weighted by Gasteiger charge is -2.25. The molecule has 3 aromatic rings. The van der Waals surface area contributed by atoms with E-state index in [2.05, 4.69) is 0 Å². The molecular formula is C26H26N2O4. The fourth-order valence-corrected chi connectivity index (χ4v) is 4.05. The van der Waals surface area contributed by atoms with Gasteiger partial charge in [0.05, 0.1) is 24.4 Å². The Hall–Kier alpha value is -3.80. The van der Waals surface area contributed by atoms with Gasteiger partial charge in [-0.25, -0.2) is 0 Å². The minimum atomic E-state index is -0.726. The van der Waals surface area contributed by atoms with Crippen LogP contribution in [0.2, 0.25) is 0 Å². The summed E-state index contributed by atoms with van der Waals surface area (Å²) in [5.74, 6) is -0.951. The third-order valence-corrected chi connectivity index (χ3v) is 5.82. The van der Waals surface area contributed by atoms with E-state index in [1.54, 1.807) is 12.1 Å². The first-order valence-corrected chi connectivity index (χ1v) is 10.4. The van der Waals surface area contributed by atoms with Gasteiger partial charge in [-0.05, 0) is 55.3 Å². The number of hydrogen-bond donors (Lipinski definition) is 1. The minimum Gasteiger partial charge on any atom is -0.507 e. The summed E-state index contributed by atoms with van der Waals surface area (Å²) >= 11 is 0. The number of benzene rings is 2. The maximum atomic E-state index is 13.2. The summed E-state index contributed by atoms with van der Waals surface area (Å²) in [5.41, 5.74) is 4.16. The van der Waals surface area contributed by atoms with Gasteiger partial charge in [0.15, 0.2) is 0 Å². The number of nitrogens with zero attached hydrogens (tertiary/aromatic N) is 2. The number of aliphatic hydroxyl groups excluding tert-OH is 1. The molecule has 32 heavy (non-hydrogen) atoms. The van der Waals surface area contributed by atoms with Crippen molar-refractivity contribution in [2.24, 2.45) is 0 Å². The van der Waals surface area contributed by atoms with E-state index < -0.39 is 17.7 Å². The molecular weight excluding hydrogens is 404 g/mol. The van der Waals surface area contributed by atoms with E-state index in [9.17, 15) is 14.7 Å². The number of rotatable bonds is 5. The number of carbonyl (C=O) groups is 2. The molecule has 1 aliphatic heterocycles. The van der Waals surface area contributed by atoms with Gasteiger partial charge in [-0.3, -0.25) is 9.59 Å². The van der Waals surface area contributed by atoms with Gasteiger partial charge >= 0.3 is 0 Å². The highest BCUT2D eigenvalue weighted by atomic mass is 16.3. The minimum absolute atomic E-state index is 0.0906. The van der Waals surface area contributed by atoms with Gasteiger partial charge in [0, 0.05) is 25.3 Å². The highest BCUT2D eigenvalue weighted by molar-refractivity contribution is 6.46. The Kier molecular flexibility index (Phi) is 5.61. The van der Waals surface area contributed by atoms with Gasteiger partial charge in [0.25, 0.3) is 11.7 Å². The van der Waals surface area contributed by atoms with Gasteiger partial charge in [0.2, 0.25) is 0 Å². The van der Waals surface area contributed by atoms with E-state index in [0.717, 1.165) is 22.4 Å². The van der Waals surface area contributed by atoms with Gasteiger partial charge in [-0.1, -0.05) is 29.8 Å². The SMILES string of the molecule is Cc1ccc(C)c(C(O)=C2C(=O)C(=O)N(Cc3ccco3)C2c2ccc(N(C)C)cc2)c1. The topological polar surface area (TPSA) is 74.0 Å². The predicted molar refractivity (Wildman–Crippen MR) is 123 cm³/mol. The molecule has 0 saturated carbocycles. The highest BCUT2D eigenvalue weighted by Gasteiger charge is 2.46. The summed E-state index contributed by atoms with van der Waals surface area (Å²) in [7, 11) is 3.89. The smallest absolute Gasteiger partial charge is 0.296 e. The number of furan rings is 1. The van der Waals surface area contributed by atoms with E-state index in [1.807, 2.05) is 75.3 Å². The highest BCUT2D eigenvalue weighted by Crippen LogP contribution is 2.41. The molecule has 0 aliphatic carbocycles. The molecule has 1 aliphatic rings. The monoisotopic (exact) mass is 430 g/mol. The molecule has 4 rings (SSSR count). The van der Waals surface area contributed by atoms with Crippen LogP contribution >= 0.6 is 0 Å². The van der Waals surface area contributed by atoms with Crippen LogP contribution in [0.15, 0.2) is 70.9 Å². The summed E-state index contributed by atoms with van der Waals surface area (Å²) in [6.07, 6.45) is 1.53. The van der Waals surface area contributed by atoms with Crippen LogP contribution in [0.1, 0.15) is 34.1 Å². The summed E-state index contributed by atoms with van der Waals surface area (Å²) in [6, 6.07) is 16.1. The molecule has 1 aromatic heterocycles. The number of likely N-dealkylation sites (tertiary alicyclic amines) is 1. The van der Waals surface area contributed by atoms with Crippen molar-refractivity contribution < 1.29 is 19.1 Å². The molecule has 1 fully saturated rings. The number of amides is 1. The van der Waals surface area contributed by atoms with Crippen LogP contribution in [0.5, 0.6) is 0 Å². The number of aliphatic hydroxyl groups is 1. The third-order valence-electron chi connectivity index (χ3n) is 5.82. The van der Waals surface area contributed by atoms with Gasteiger partial charge in [0.1, 0.15) is 11.5 Å². The molecule has 1 amide bonds. The zero-order valence-corrected chi connectivity index (χ0v) is 18.6. The second kappa shape index (κ2) is 8.38.